The van der Waals surface area contributed by atoms with Gasteiger partial charge in [0.1, 0.15) is 0 Å². The Balaban J connectivity index is 1.77. The lowest BCUT2D eigenvalue weighted by Crippen LogP contribution is -2.35. The van der Waals surface area contributed by atoms with Gasteiger partial charge in [-0.1, -0.05) is 64.5 Å². The molecule has 3 rings (SSSR count). The van der Waals surface area contributed by atoms with Crippen molar-refractivity contribution in [1.82, 2.24) is 0 Å². The highest BCUT2D eigenvalue weighted by Crippen LogP contribution is 2.59. The van der Waals surface area contributed by atoms with Gasteiger partial charge >= 0.3 is 0 Å². The van der Waals surface area contributed by atoms with Gasteiger partial charge in [0.15, 0.2) is 0 Å². The molecule has 3 aliphatic carbocycles. The van der Waals surface area contributed by atoms with Crippen molar-refractivity contribution in [2.24, 2.45) is 35.0 Å². The molecule has 30 heavy (non-hydrogen) atoms. The molecule has 3 saturated carbocycles. The average Bonchev–Trinajstić information content (AvgIpc) is 3.07. The van der Waals surface area contributed by atoms with E-state index in [1.807, 2.05) is 0 Å². The Labute approximate surface area is 184 Å². The summed E-state index contributed by atoms with van der Waals surface area (Å²) in [5, 5.41) is 10.0. The highest BCUT2D eigenvalue weighted by Gasteiger charge is 2.50. The summed E-state index contributed by atoms with van der Waals surface area (Å²) in [6.45, 7) is 11.9. The summed E-state index contributed by atoms with van der Waals surface area (Å²) in [5.74, 6) is 3.34. The predicted molar refractivity (Wildman–Crippen MR) is 126 cm³/mol. The molecule has 0 saturated heterocycles. The lowest BCUT2D eigenvalue weighted by Gasteiger charge is -2.44. The molecular weight excluding hydrogens is 371 g/mol. The standard InChI is InChI=1S/C28H43FO/c1-19(2)20(3)8-9-21(4)26-14-15-27-22(7-6-16-28(26,27)5)10-11-23-17-25(30)13-12-24(23)18-29/h8-11,18-21,25-27,30H,6-7,12-17H2,1-5H3/b9-8+,22-10+,23-11-,24-18+/t20-,21+,25-,26+,27-,28+/m0/s1. The summed E-state index contributed by atoms with van der Waals surface area (Å²) in [5.41, 5.74) is 3.70. The van der Waals surface area contributed by atoms with E-state index in [-0.39, 0.29) is 6.10 Å². The number of allylic oxidation sites excluding steroid dienone is 6. The van der Waals surface area contributed by atoms with E-state index in [1.165, 1.54) is 32.1 Å². The first kappa shape index (κ1) is 23.5. The van der Waals surface area contributed by atoms with Crippen molar-refractivity contribution in [3.8, 4) is 0 Å². The summed E-state index contributed by atoms with van der Waals surface area (Å²) >= 11 is 0. The number of fused-ring (bicyclic) bond motifs is 1. The lowest BCUT2D eigenvalue weighted by molar-refractivity contribution is 0.112. The minimum Gasteiger partial charge on any atom is -0.393 e. The third-order valence-electron chi connectivity index (χ3n) is 8.69. The van der Waals surface area contributed by atoms with Crippen LogP contribution in [0.15, 0.2) is 47.4 Å². The summed E-state index contributed by atoms with van der Waals surface area (Å²) in [4.78, 5) is 0. The van der Waals surface area contributed by atoms with Crippen molar-refractivity contribution in [3.05, 3.63) is 47.4 Å². The molecule has 0 radical (unpaired) electrons. The van der Waals surface area contributed by atoms with E-state index in [1.54, 1.807) is 5.57 Å². The molecule has 6 atom stereocenters. The minimum absolute atomic E-state index is 0.327. The zero-order valence-electron chi connectivity index (χ0n) is 19.8. The lowest BCUT2D eigenvalue weighted by atomic mass is 9.61. The van der Waals surface area contributed by atoms with E-state index in [0.717, 1.165) is 23.4 Å². The van der Waals surface area contributed by atoms with Crippen LogP contribution in [-0.4, -0.2) is 11.2 Å². The first-order chi connectivity index (χ1) is 14.3. The van der Waals surface area contributed by atoms with Crippen molar-refractivity contribution in [2.75, 3.05) is 0 Å². The van der Waals surface area contributed by atoms with Crippen molar-refractivity contribution in [2.45, 2.75) is 92.1 Å². The Bertz CT molecular complexity index is 712. The number of aliphatic hydroxyl groups excluding tert-OH is 1. The van der Waals surface area contributed by atoms with Gasteiger partial charge in [-0.3, -0.25) is 0 Å². The molecule has 168 valence electrons. The summed E-state index contributed by atoms with van der Waals surface area (Å²) in [7, 11) is 0. The second-order valence-corrected chi connectivity index (χ2v) is 10.9. The van der Waals surface area contributed by atoms with E-state index < -0.39 is 0 Å². The average molecular weight is 415 g/mol. The van der Waals surface area contributed by atoms with Gasteiger partial charge in [0.25, 0.3) is 0 Å². The van der Waals surface area contributed by atoms with E-state index >= 15 is 0 Å². The largest absolute Gasteiger partial charge is 0.393 e. The highest BCUT2D eigenvalue weighted by molar-refractivity contribution is 5.37. The van der Waals surface area contributed by atoms with Crippen LogP contribution in [0.25, 0.3) is 0 Å². The molecule has 0 aromatic heterocycles. The van der Waals surface area contributed by atoms with E-state index in [4.69, 9.17) is 0 Å². The molecule has 0 heterocycles. The highest BCUT2D eigenvalue weighted by atomic mass is 19.1. The third-order valence-corrected chi connectivity index (χ3v) is 8.69. The van der Waals surface area contributed by atoms with E-state index in [9.17, 15) is 9.50 Å². The molecule has 0 aromatic carbocycles. The van der Waals surface area contributed by atoms with Gasteiger partial charge in [-0.25, -0.2) is 4.39 Å². The molecule has 0 amide bonds. The van der Waals surface area contributed by atoms with Gasteiger partial charge in [-0.15, -0.1) is 0 Å². The minimum atomic E-state index is -0.327. The fraction of sp³-hybridized carbons (Fsp3) is 0.714. The Morgan fingerprint density at radius 2 is 1.77 bits per heavy atom. The second kappa shape index (κ2) is 9.98. The van der Waals surface area contributed by atoms with Crippen LogP contribution < -0.4 is 0 Å². The monoisotopic (exact) mass is 414 g/mol. The number of halogens is 1. The number of rotatable bonds is 5. The number of hydrogen-bond acceptors (Lipinski definition) is 1. The molecule has 3 fully saturated rings. The van der Waals surface area contributed by atoms with E-state index in [0.29, 0.717) is 48.3 Å². The smallest absolute Gasteiger partial charge is 0.0901 e. The van der Waals surface area contributed by atoms with Crippen LogP contribution in [0.5, 0.6) is 0 Å². The Kier molecular flexibility index (Phi) is 7.82. The third kappa shape index (κ3) is 5.01. The predicted octanol–water partition coefficient (Wildman–Crippen LogP) is 7.94. The first-order valence-electron chi connectivity index (χ1n) is 12.3. The fourth-order valence-corrected chi connectivity index (χ4v) is 6.33. The van der Waals surface area contributed by atoms with Crippen LogP contribution in [0, 0.1) is 35.0 Å². The summed E-state index contributed by atoms with van der Waals surface area (Å²) in [6.07, 6.45) is 18.0. The molecule has 0 aliphatic heterocycles. The van der Waals surface area contributed by atoms with Gasteiger partial charge in [0.05, 0.1) is 12.4 Å². The normalized spacial score (nSPS) is 38.7. The van der Waals surface area contributed by atoms with Crippen LogP contribution in [0.2, 0.25) is 0 Å². The molecule has 1 nitrogen and oxygen atoms in total. The second-order valence-electron chi connectivity index (χ2n) is 10.9. The SMILES string of the molecule is CC(C)[C@@H](C)/C=C/[C@@H](C)[C@H]1CC[C@H]2/C(=C/C=C3/C[C@@H](O)CC/C3=C\F)CCC[C@]12C. The van der Waals surface area contributed by atoms with Crippen molar-refractivity contribution in [1.29, 1.82) is 0 Å². The Hall–Kier alpha value is -1.15. The van der Waals surface area contributed by atoms with Gasteiger partial charge in [0, 0.05) is 0 Å². The van der Waals surface area contributed by atoms with Gasteiger partial charge in [-0.05, 0) is 97.5 Å². The number of hydrogen-bond donors (Lipinski definition) is 1. The van der Waals surface area contributed by atoms with Gasteiger partial charge in [0.2, 0.25) is 0 Å². The van der Waals surface area contributed by atoms with E-state index in [2.05, 4.69) is 58.9 Å². The van der Waals surface area contributed by atoms with Crippen LogP contribution in [0.4, 0.5) is 4.39 Å². The van der Waals surface area contributed by atoms with Crippen molar-refractivity contribution < 1.29 is 9.50 Å². The molecule has 1 N–H and O–H groups in total. The van der Waals surface area contributed by atoms with Crippen molar-refractivity contribution >= 4 is 0 Å². The topological polar surface area (TPSA) is 20.2 Å². The zero-order chi connectivity index (χ0) is 21.9. The summed E-state index contributed by atoms with van der Waals surface area (Å²) in [6, 6.07) is 0. The quantitative estimate of drug-likeness (QED) is 0.453. The van der Waals surface area contributed by atoms with Crippen LogP contribution in [0.3, 0.4) is 0 Å². The number of aliphatic hydroxyl groups is 1. The van der Waals surface area contributed by atoms with Gasteiger partial charge < -0.3 is 5.11 Å². The molecule has 0 bridgehead atoms. The molecule has 3 aliphatic rings. The molecule has 2 heteroatoms. The molecule has 0 aromatic rings. The maximum absolute atomic E-state index is 13.3. The molecular formula is C28H43FO. The first-order valence-corrected chi connectivity index (χ1v) is 12.3. The maximum atomic E-state index is 13.3. The zero-order valence-corrected chi connectivity index (χ0v) is 19.8. The summed E-state index contributed by atoms with van der Waals surface area (Å²) < 4.78 is 13.3. The molecule has 0 spiro atoms. The maximum Gasteiger partial charge on any atom is 0.0901 e. The van der Waals surface area contributed by atoms with Crippen molar-refractivity contribution in [3.63, 3.8) is 0 Å². The van der Waals surface area contributed by atoms with Gasteiger partial charge in [-0.2, -0.15) is 0 Å². The fourth-order valence-electron chi connectivity index (χ4n) is 6.33. The van der Waals surface area contributed by atoms with Crippen LogP contribution >= 0.6 is 0 Å². The Morgan fingerprint density at radius 3 is 2.47 bits per heavy atom. The van der Waals surface area contributed by atoms with Crippen LogP contribution in [0.1, 0.15) is 86.0 Å². The Morgan fingerprint density at radius 1 is 1.00 bits per heavy atom. The molecule has 0 unspecified atom stereocenters. The van der Waals surface area contributed by atoms with Crippen LogP contribution in [-0.2, 0) is 0 Å².